The first kappa shape index (κ1) is 15.7. The molecule has 0 aromatic carbocycles. The van der Waals surface area contributed by atoms with Crippen LogP contribution in [0.25, 0.3) is 0 Å². The third-order valence-corrected chi connectivity index (χ3v) is 2.78. The fourth-order valence-corrected chi connectivity index (χ4v) is 1.71. The molecule has 6 nitrogen and oxygen atoms in total. The molecule has 0 aliphatic rings. The fraction of sp³-hybridized carbons (Fsp3) is 0.455. The van der Waals surface area contributed by atoms with Crippen molar-refractivity contribution in [2.75, 3.05) is 6.54 Å². The minimum absolute atomic E-state index is 0.00669. The van der Waals surface area contributed by atoms with Crippen LogP contribution in [0.1, 0.15) is 36.0 Å². The Hall–Kier alpha value is -1.40. The molecule has 1 rings (SSSR count). The highest BCUT2D eigenvalue weighted by atomic mass is 35.5. The second-order valence-electron chi connectivity index (χ2n) is 3.83. The van der Waals surface area contributed by atoms with Gasteiger partial charge in [-0.15, -0.1) is 10.2 Å². The van der Waals surface area contributed by atoms with Crippen LogP contribution < -0.4 is 5.32 Å². The molecular formula is C11H13Cl2N3O3. The lowest BCUT2D eigenvalue weighted by atomic mass is 10.2. The molecule has 0 unspecified atom stereocenters. The fourth-order valence-electron chi connectivity index (χ4n) is 1.39. The van der Waals surface area contributed by atoms with E-state index < -0.39 is 5.97 Å². The number of aliphatic carboxylic acids is 1. The Balaban J connectivity index is 2.31. The molecule has 2 N–H and O–H groups in total. The summed E-state index contributed by atoms with van der Waals surface area (Å²) >= 11 is 11.4. The highest BCUT2D eigenvalue weighted by molar-refractivity contribution is 6.34. The molecule has 0 aliphatic carbocycles. The zero-order valence-corrected chi connectivity index (χ0v) is 11.5. The van der Waals surface area contributed by atoms with Crippen molar-refractivity contribution in [3.8, 4) is 0 Å². The monoisotopic (exact) mass is 305 g/mol. The van der Waals surface area contributed by atoms with Crippen LogP contribution in [0.4, 0.5) is 0 Å². The van der Waals surface area contributed by atoms with Crippen molar-refractivity contribution in [2.24, 2.45) is 0 Å². The Morgan fingerprint density at radius 3 is 2.63 bits per heavy atom. The Bertz CT molecular complexity index is 468. The zero-order valence-electron chi connectivity index (χ0n) is 10.0. The van der Waals surface area contributed by atoms with Crippen LogP contribution in [0, 0.1) is 0 Å². The Kier molecular flexibility index (Phi) is 6.52. The highest BCUT2D eigenvalue weighted by Gasteiger charge is 2.12. The van der Waals surface area contributed by atoms with E-state index in [1.165, 1.54) is 6.07 Å². The number of rotatable bonds is 7. The molecule has 8 heteroatoms. The average molecular weight is 306 g/mol. The van der Waals surface area contributed by atoms with E-state index in [2.05, 4.69) is 15.5 Å². The zero-order chi connectivity index (χ0) is 14.3. The summed E-state index contributed by atoms with van der Waals surface area (Å²) in [5.74, 6) is -1.19. The van der Waals surface area contributed by atoms with Crippen molar-refractivity contribution in [2.45, 2.75) is 25.7 Å². The SMILES string of the molecule is O=C(O)CCCCCNC(=O)c1cc(Cl)nnc1Cl. The predicted octanol–water partition coefficient (Wildman–Crippen LogP) is 2.16. The lowest BCUT2D eigenvalue weighted by Crippen LogP contribution is -2.25. The van der Waals surface area contributed by atoms with Crippen molar-refractivity contribution < 1.29 is 14.7 Å². The number of carbonyl (C=O) groups excluding carboxylic acids is 1. The molecule has 1 aromatic rings. The first-order valence-corrected chi connectivity index (χ1v) is 6.45. The summed E-state index contributed by atoms with van der Waals surface area (Å²) in [6, 6.07) is 1.34. The van der Waals surface area contributed by atoms with Crippen molar-refractivity contribution in [3.63, 3.8) is 0 Å². The van der Waals surface area contributed by atoms with Gasteiger partial charge in [0.15, 0.2) is 10.3 Å². The summed E-state index contributed by atoms with van der Waals surface area (Å²) in [7, 11) is 0. The molecule has 1 heterocycles. The molecule has 1 amide bonds. The summed E-state index contributed by atoms with van der Waals surface area (Å²) in [5, 5.41) is 18.2. The first-order valence-electron chi connectivity index (χ1n) is 5.69. The van der Waals surface area contributed by atoms with Gasteiger partial charge in [0.05, 0.1) is 5.56 Å². The molecule has 0 fully saturated rings. The lowest BCUT2D eigenvalue weighted by molar-refractivity contribution is -0.137. The van der Waals surface area contributed by atoms with Gasteiger partial charge in [0.2, 0.25) is 0 Å². The van der Waals surface area contributed by atoms with Crippen LogP contribution in [0.3, 0.4) is 0 Å². The van der Waals surface area contributed by atoms with E-state index >= 15 is 0 Å². The quantitative estimate of drug-likeness (QED) is 0.753. The second-order valence-corrected chi connectivity index (χ2v) is 4.58. The number of amides is 1. The minimum atomic E-state index is -0.812. The molecule has 0 saturated carbocycles. The van der Waals surface area contributed by atoms with Crippen molar-refractivity contribution in [3.05, 3.63) is 21.9 Å². The van der Waals surface area contributed by atoms with Crippen LogP contribution in [0.15, 0.2) is 6.07 Å². The molecule has 1 aromatic heterocycles. The summed E-state index contributed by atoms with van der Waals surface area (Å²) in [6.07, 6.45) is 2.16. The van der Waals surface area contributed by atoms with Gasteiger partial charge in [-0.3, -0.25) is 9.59 Å². The summed E-state index contributed by atoms with van der Waals surface area (Å²) in [5.41, 5.74) is 0.173. The molecule has 0 radical (unpaired) electrons. The lowest BCUT2D eigenvalue weighted by Gasteiger charge is -2.05. The molecular weight excluding hydrogens is 293 g/mol. The molecule has 0 saturated heterocycles. The van der Waals surface area contributed by atoms with Gasteiger partial charge in [-0.2, -0.15) is 0 Å². The van der Waals surface area contributed by atoms with E-state index in [-0.39, 0.29) is 28.2 Å². The van der Waals surface area contributed by atoms with Crippen molar-refractivity contribution in [1.29, 1.82) is 0 Å². The number of hydrogen-bond acceptors (Lipinski definition) is 4. The second kappa shape index (κ2) is 7.91. The van der Waals surface area contributed by atoms with Gasteiger partial charge in [0.25, 0.3) is 5.91 Å². The topological polar surface area (TPSA) is 92.2 Å². The predicted molar refractivity (Wildman–Crippen MR) is 70.5 cm³/mol. The Labute approximate surface area is 120 Å². The van der Waals surface area contributed by atoms with Crippen LogP contribution in [0.2, 0.25) is 10.3 Å². The van der Waals surface area contributed by atoms with Gasteiger partial charge < -0.3 is 10.4 Å². The Morgan fingerprint density at radius 2 is 1.95 bits per heavy atom. The minimum Gasteiger partial charge on any atom is -0.481 e. The molecule has 104 valence electrons. The van der Waals surface area contributed by atoms with E-state index in [1.807, 2.05) is 0 Å². The van der Waals surface area contributed by atoms with Gasteiger partial charge in [0.1, 0.15) is 0 Å². The van der Waals surface area contributed by atoms with Crippen molar-refractivity contribution >= 4 is 35.1 Å². The standard InChI is InChI=1S/C11H13Cl2N3O3/c12-8-6-7(10(13)16-15-8)11(19)14-5-3-1-2-4-9(17)18/h6H,1-5H2,(H,14,19)(H,17,18). The van der Waals surface area contributed by atoms with Gasteiger partial charge in [0, 0.05) is 13.0 Å². The van der Waals surface area contributed by atoms with E-state index in [0.29, 0.717) is 19.4 Å². The van der Waals surface area contributed by atoms with E-state index in [4.69, 9.17) is 28.3 Å². The van der Waals surface area contributed by atoms with Crippen LogP contribution in [0.5, 0.6) is 0 Å². The number of carboxylic acids is 1. The highest BCUT2D eigenvalue weighted by Crippen LogP contribution is 2.15. The summed E-state index contributed by atoms with van der Waals surface area (Å²) < 4.78 is 0. The number of aromatic nitrogens is 2. The number of carboxylic acid groups (broad SMARTS) is 1. The van der Waals surface area contributed by atoms with Gasteiger partial charge in [-0.25, -0.2) is 0 Å². The third kappa shape index (κ3) is 5.85. The average Bonchev–Trinajstić information content (AvgIpc) is 2.36. The van der Waals surface area contributed by atoms with Crippen LogP contribution in [-0.2, 0) is 4.79 Å². The van der Waals surface area contributed by atoms with E-state index in [9.17, 15) is 9.59 Å². The largest absolute Gasteiger partial charge is 0.481 e. The van der Waals surface area contributed by atoms with Crippen LogP contribution in [-0.4, -0.2) is 33.7 Å². The van der Waals surface area contributed by atoms with Crippen molar-refractivity contribution in [1.82, 2.24) is 15.5 Å². The van der Waals surface area contributed by atoms with E-state index in [0.717, 1.165) is 6.42 Å². The number of nitrogens with one attached hydrogen (secondary N) is 1. The molecule has 0 atom stereocenters. The third-order valence-electron chi connectivity index (χ3n) is 2.32. The van der Waals surface area contributed by atoms with Gasteiger partial charge in [-0.05, 0) is 18.9 Å². The maximum atomic E-state index is 11.7. The van der Waals surface area contributed by atoms with Crippen LogP contribution >= 0.6 is 23.2 Å². The maximum Gasteiger partial charge on any atom is 0.303 e. The molecule has 0 bridgehead atoms. The smallest absolute Gasteiger partial charge is 0.303 e. The Morgan fingerprint density at radius 1 is 1.21 bits per heavy atom. The molecule has 0 aliphatic heterocycles. The van der Waals surface area contributed by atoms with Gasteiger partial charge >= 0.3 is 5.97 Å². The number of hydrogen-bond donors (Lipinski definition) is 2. The number of halogens is 2. The normalized spacial score (nSPS) is 10.2. The number of unbranched alkanes of at least 4 members (excludes halogenated alkanes) is 2. The molecule has 19 heavy (non-hydrogen) atoms. The summed E-state index contributed by atoms with van der Waals surface area (Å²) in [6.45, 7) is 0.439. The first-order chi connectivity index (χ1) is 9.00. The number of nitrogens with zero attached hydrogens (tertiary/aromatic N) is 2. The van der Waals surface area contributed by atoms with Gasteiger partial charge in [-0.1, -0.05) is 29.6 Å². The summed E-state index contributed by atoms with van der Waals surface area (Å²) in [4.78, 5) is 22.0. The maximum absolute atomic E-state index is 11.7. The van der Waals surface area contributed by atoms with E-state index in [1.54, 1.807) is 0 Å². The number of carbonyl (C=O) groups is 2. The molecule has 0 spiro atoms.